The zero-order valence-corrected chi connectivity index (χ0v) is 17.3. The molecule has 1 aromatic heterocycles. The number of tetrazole rings is 1. The van der Waals surface area contributed by atoms with Crippen LogP contribution in [0.25, 0.3) is 11.4 Å². The highest BCUT2D eigenvalue weighted by Gasteiger charge is 2.13. The minimum absolute atomic E-state index is 0.177. The molecule has 3 N–H and O–H groups in total. The number of hydrogen-bond acceptors (Lipinski definition) is 6. The molecule has 0 fully saturated rings. The van der Waals surface area contributed by atoms with Crippen LogP contribution in [0.5, 0.6) is 5.75 Å². The third kappa shape index (κ3) is 5.53. The number of amides is 1. The summed E-state index contributed by atoms with van der Waals surface area (Å²) < 4.78 is 5.09. The summed E-state index contributed by atoms with van der Waals surface area (Å²) in [6, 6.07) is 12.2. The fraction of sp³-hybridized carbons (Fsp3) is 0.118. The van der Waals surface area contributed by atoms with Gasteiger partial charge < -0.3 is 10.1 Å². The predicted octanol–water partition coefficient (Wildman–Crippen LogP) is 2.67. The molecule has 0 spiro atoms. The molecule has 0 radical (unpaired) electrons. The van der Waals surface area contributed by atoms with Gasteiger partial charge in [0, 0.05) is 11.3 Å². The van der Waals surface area contributed by atoms with Crippen LogP contribution in [0.3, 0.4) is 0 Å². The first kappa shape index (κ1) is 20.8. The maximum absolute atomic E-state index is 12.1. The number of methoxy groups -OCH3 is 1. The largest absolute Gasteiger partial charge is 0.497 e. The van der Waals surface area contributed by atoms with Gasteiger partial charge in [0.25, 0.3) is 5.91 Å². The molecule has 12 heteroatoms. The number of ether oxygens (including phenoxy) is 1. The number of hydrogen-bond donors (Lipinski definition) is 3. The van der Waals surface area contributed by atoms with Gasteiger partial charge in [-0.15, -0.1) is 10.2 Å². The first-order valence-electron chi connectivity index (χ1n) is 8.18. The van der Waals surface area contributed by atoms with E-state index in [1.807, 2.05) is 0 Å². The first-order chi connectivity index (χ1) is 14.0. The molecule has 0 bridgehead atoms. The van der Waals surface area contributed by atoms with Gasteiger partial charge >= 0.3 is 0 Å². The van der Waals surface area contributed by atoms with Crippen LogP contribution >= 0.6 is 35.4 Å². The van der Waals surface area contributed by atoms with Crippen molar-refractivity contribution in [3.63, 3.8) is 0 Å². The molecule has 9 nitrogen and oxygen atoms in total. The number of rotatable bonds is 5. The lowest BCUT2D eigenvalue weighted by Crippen LogP contribution is -2.45. The SMILES string of the molecule is COc1ccc(NC(=S)NNC(=O)Cn2nnc(-c3cccc(Cl)c3Cl)n2)cc1. The number of carbonyl (C=O) groups is 1. The van der Waals surface area contributed by atoms with Crippen molar-refractivity contribution >= 4 is 52.1 Å². The number of nitrogens with zero attached hydrogens (tertiary/aromatic N) is 4. The van der Waals surface area contributed by atoms with Gasteiger partial charge in [-0.25, -0.2) is 0 Å². The molecule has 29 heavy (non-hydrogen) atoms. The van der Waals surface area contributed by atoms with Crippen molar-refractivity contribution in [3.8, 4) is 17.1 Å². The Bertz CT molecular complexity index is 1030. The maximum atomic E-state index is 12.1. The predicted molar refractivity (Wildman–Crippen MR) is 114 cm³/mol. The molecule has 150 valence electrons. The van der Waals surface area contributed by atoms with Crippen molar-refractivity contribution in [2.24, 2.45) is 0 Å². The Labute approximate surface area is 181 Å². The number of aromatic nitrogens is 4. The van der Waals surface area contributed by atoms with Crippen LogP contribution in [-0.4, -0.2) is 38.3 Å². The van der Waals surface area contributed by atoms with Gasteiger partial charge in [0.1, 0.15) is 12.3 Å². The van der Waals surface area contributed by atoms with Gasteiger partial charge in [0.15, 0.2) is 5.11 Å². The van der Waals surface area contributed by atoms with Crippen molar-refractivity contribution in [3.05, 3.63) is 52.5 Å². The fourth-order valence-corrected chi connectivity index (χ4v) is 2.78. The maximum Gasteiger partial charge on any atom is 0.262 e. The molecule has 0 unspecified atom stereocenters. The minimum Gasteiger partial charge on any atom is -0.497 e. The number of anilines is 1. The first-order valence-corrected chi connectivity index (χ1v) is 9.35. The van der Waals surface area contributed by atoms with Crippen LogP contribution in [0.15, 0.2) is 42.5 Å². The summed E-state index contributed by atoms with van der Waals surface area (Å²) in [6.45, 7) is -0.177. The molecule has 1 heterocycles. The molecule has 3 rings (SSSR count). The number of benzene rings is 2. The fourth-order valence-electron chi connectivity index (χ4n) is 2.23. The number of hydrazine groups is 1. The van der Waals surface area contributed by atoms with E-state index in [0.29, 0.717) is 15.6 Å². The van der Waals surface area contributed by atoms with Gasteiger partial charge in [-0.1, -0.05) is 29.3 Å². The molecular weight excluding hydrogens is 437 g/mol. The molecular formula is C17H15Cl2N7O2S. The lowest BCUT2D eigenvalue weighted by molar-refractivity contribution is -0.122. The van der Waals surface area contributed by atoms with E-state index in [9.17, 15) is 4.79 Å². The summed E-state index contributed by atoms with van der Waals surface area (Å²) in [5.74, 6) is 0.557. The standard InChI is InChI=1S/C17H15Cl2N7O2S/c1-28-11-7-5-10(6-8-11)20-17(29)23-21-14(27)9-26-24-16(22-25-26)12-3-2-4-13(18)15(12)19/h2-8H,9H2,1H3,(H,21,27)(H2,20,23,29). The Balaban J connectivity index is 1.51. The minimum atomic E-state index is -0.426. The quantitative estimate of drug-likeness (QED) is 0.401. The molecule has 0 aliphatic carbocycles. The molecule has 1 amide bonds. The Morgan fingerprint density at radius 1 is 1.17 bits per heavy atom. The van der Waals surface area contributed by atoms with Gasteiger partial charge in [0.2, 0.25) is 5.82 Å². The summed E-state index contributed by atoms with van der Waals surface area (Å²) >= 11 is 17.3. The number of carbonyl (C=O) groups excluding carboxylic acids is 1. The van der Waals surface area contributed by atoms with E-state index in [1.54, 1.807) is 49.6 Å². The van der Waals surface area contributed by atoms with Crippen LogP contribution in [-0.2, 0) is 11.3 Å². The Kier molecular flexibility index (Phi) is 6.81. The van der Waals surface area contributed by atoms with Gasteiger partial charge in [-0.05, 0) is 53.8 Å². The molecule has 3 aromatic rings. The van der Waals surface area contributed by atoms with Crippen LogP contribution in [0.1, 0.15) is 0 Å². The third-order valence-electron chi connectivity index (χ3n) is 3.59. The zero-order chi connectivity index (χ0) is 20.8. The monoisotopic (exact) mass is 451 g/mol. The third-order valence-corrected chi connectivity index (χ3v) is 4.62. The van der Waals surface area contributed by atoms with Crippen LogP contribution in [0, 0.1) is 0 Å². The second-order valence-corrected chi connectivity index (χ2v) is 6.79. The molecule has 0 saturated carbocycles. The van der Waals surface area contributed by atoms with E-state index in [1.165, 1.54) is 0 Å². The molecule has 0 aliphatic rings. The van der Waals surface area contributed by atoms with Gasteiger partial charge in [0.05, 0.1) is 17.2 Å². The lowest BCUT2D eigenvalue weighted by atomic mass is 10.2. The van der Waals surface area contributed by atoms with Crippen molar-refractivity contribution in [2.45, 2.75) is 6.54 Å². The van der Waals surface area contributed by atoms with E-state index in [0.717, 1.165) is 16.2 Å². The van der Waals surface area contributed by atoms with Gasteiger partial charge in [-0.3, -0.25) is 15.6 Å². The van der Waals surface area contributed by atoms with Gasteiger partial charge in [-0.2, -0.15) is 4.80 Å². The van der Waals surface area contributed by atoms with E-state index in [4.69, 9.17) is 40.2 Å². The average molecular weight is 452 g/mol. The number of halogens is 2. The second-order valence-electron chi connectivity index (χ2n) is 5.60. The van der Waals surface area contributed by atoms with Crippen molar-refractivity contribution < 1.29 is 9.53 Å². The van der Waals surface area contributed by atoms with Crippen LogP contribution in [0.4, 0.5) is 5.69 Å². The summed E-state index contributed by atoms with van der Waals surface area (Å²) in [6.07, 6.45) is 0. The Hall–Kier alpha value is -2.95. The highest BCUT2D eigenvalue weighted by molar-refractivity contribution is 7.80. The summed E-state index contributed by atoms with van der Waals surface area (Å²) in [5.41, 5.74) is 6.30. The van der Waals surface area contributed by atoms with Crippen molar-refractivity contribution in [1.29, 1.82) is 0 Å². The normalized spacial score (nSPS) is 10.3. The topological polar surface area (TPSA) is 106 Å². The summed E-state index contributed by atoms with van der Waals surface area (Å²) in [7, 11) is 1.58. The average Bonchev–Trinajstić information content (AvgIpc) is 3.17. The molecule has 0 atom stereocenters. The van der Waals surface area contributed by atoms with E-state index in [-0.39, 0.29) is 17.5 Å². The summed E-state index contributed by atoms with van der Waals surface area (Å²) in [5, 5.41) is 15.7. The molecule has 0 aliphatic heterocycles. The van der Waals surface area contributed by atoms with E-state index < -0.39 is 5.91 Å². The van der Waals surface area contributed by atoms with Crippen LogP contribution < -0.4 is 20.9 Å². The lowest BCUT2D eigenvalue weighted by Gasteiger charge is -2.11. The Morgan fingerprint density at radius 2 is 1.93 bits per heavy atom. The van der Waals surface area contributed by atoms with E-state index in [2.05, 4.69) is 31.6 Å². The smallest absolute Gasteiger partial charge is 0.262 e. The molecule has 0 saturated heterocycles. The zero-order valence-electron chi connectivity index (χ0n) is 15.0. The molecule has 2 aromatic carbocycles. The van der Waals surface area contributed by atoms with Crippen molar-refractivity contribution in [1.82, 2.24) is 31.1 Å². The van der Waals surface area contributed by atoms with Crippen molar-refractivity contribution in [2.75, 3.05) is 12.4 Å². The number of nitrogens with one attached hydrogen (secondary N) is 3. The Morgan fingerprint density at radius 3 is 2.66 bits per heavy atom. The van der Waals surface area contributed by atoms with Crippen LogP contribution in [0.2, 0.25) is 10.0 Å². The highest BCUT2D eigenvalue weighted by atomic mass is 35.5. The van der Waals surface area contributed by atoms with E-state index >= 15 is 0 Å². The number of thiocarbonyl (C=S) groups is 1. The highest BCUT2D eigenvalue weighted by Crippen LogP contribution is 2.31. The summed E-state index contributed by atoms with van der Waals surface area (Å²) in [4.78, 5) is 13.2. The second kappa shape index (κ2) is 9.50.